The number of halogens is 1. The molecule has 1 aromatic carbocycles. The van der Waals surface area contributed by atoms with Gasteiger partial charge in [-0.1, -0.05) is 0 Å². The van der Waals surface area contributed by atoms with Gasteiger partial charge in [0.05, 0.1) is 19.9 Å². The summed E-state index contributed by atoms with van der Waals surface area (Å²) in [6.07, 6.45) is 1.66. The Labute approximate surface area is 116 Å². The second-order valence-corrected chi connectivity index (χ2v) is 4.20. The number of hydrogen-bond donors (Lipinski definition) is 1. The molecule has 19 heavy (non-hydrogen) atoms. The summed E-state index contributed by atoms with van der Waals surface area (Å²) in [5, 5.41) is 3.36. The van der Waals surface area contributed by atoms with E-state index in [0.717, 1.165) is 17.0 Å². The van der Waals surface area contributed by atoms with Gasteiger partial charge < -0.3 is 14.8 Å². The largest absolute Gasteiger partial charge is 0.497 e. The van der Waals surface area contributed by atoms with Crippen molar-refractivity contribution in [3.05, 3.63) is 35.2 Å². The molecule has 0 atom stereocenters. The summed E-state index contributed by atoms with van der Waals surface area (Å²) in [7, 11) is 3.21. The summed E-state index contributed by atoms with van der Waals surface area (Å²) < 4.78 is 10.5. The lowest BCUT2D eigenvalue weighted by molar-refractivity contribution is 0.405. The maximum absolute atomic E-state index is 5.80. The Bertz CT molecular complexity index is 590. The van der Waals surface area contributed by atoms with E-state index in [-0.39, 0.29) is 5.28 Å². The highest BCUT2D eigenvalue weighted by atomic mass is 35.5. The number of rotatable bonds is 4. The molecule has 0 saturated carbocycles. The van der Waals surface area contributed by atoms with Gasteiger partial charge in [0.15, 0.2) is 0 Å². The maximum Gasteiger partial charge on any atom is 0.224 e. The van der Waals surface area contributed by atoms with E-state index in [1.54, 1.807) is 20.4 Å². The molecule has 0 saturated heterocycles. The molecule has 0 aliphatic carbocycles. The number of benzene rings is 1. The first-order valence-electron chi connectivity index (χ1n) is 5.62. The van der Waals surface area contributed by atoms with Gasteiger partial charge in [-0.3, -0.25) is 0 Å². The summed E-state index contributed by atoms with van der Waals surface area (Å²) in [5.74, 6) is 2.04. The Morgan fingerprint density at radius 1 is 1.21 bits per heavy atom. The third-order valence-corrected chi connectivity index (χ3v) is 2.78. The van der Waals surface area contributed by atoms with Crippen LogP contribution in [0.25, 0.3) is 0 Å². The predicted molar refractivity (Wildman–Crippen MR) is 74.6 cm³/mol. The summed E-state index contributed by atoms with van der Waals surface area (Å²) in [5.41, 5.74) is 1.63. The minimum absolute atomic E-state index is 0.190. The van der Waals surface area contributed by atoms with Crippen LogP contribution in [-0.4, -0.2) is 24.2 Å². The maximum atomic E-state index is 5.80. The average molecular weight is 280 g/mol. The second-order valence-electron chi connectivity index (χ2n) is 3.86. The first-order valence-corrected chi connectivity index (χ1v) is 6.00. The van der Waals surface area contributed by atoms with Crippen LogP contribution in [0.4, 0.5) is 11.5 Å². The monoisotopic (exact) mass is 279 g/mol. The van der Waals surface area contributed by atoms with Crippen LogP contribution >= 0.6 is 11.6 Å². The summed E-state index contributed by atoms with van der Waals surface area (Å²) in [4.78, 5) is 8.06. The Morgan fingerprint density at radius 2 is 2.00 bits per heavy atom. The van der Waals surface area contributed by atoms with E-state index in [1.807, 2.05) is 25.1 Å². The van der Waals surface area contributed by atoms with Gasteiger partial charge in [0.25, 0.3) is 0 Å². The van der Waals surface area contributed by atoms with E-state index in [2.05, 4.69) is 15.3 Å². The number of hydrogen-bond acceptors (Lipinski definition) is 5. The summed E-state index contributed by atoms with van der Waals surface area (Å²) in [6.45, 7) is 1.89. The number of aromatic nitrogens is 2. The molecule has 1 heterocycles. The van der Waals surface area contributed by atoms with Crippen molar-refractivity contribution < 1.29 is 9.47 Å². The van der Waals surface area contributed by atoms with Crippen LogP contribution in [0.15, 0.2) is 24.4 Å². The van der Waals surface area contributed by atoms with E-state index in [9.17, 15) is 0 Å². The quantitative estimate of drug-likeness (QED) is 0.871. The van der Waals surface area contributed by atoms with Crippen molar-refractivity contribution in [2.75, 3.05) is 19.5 Å². The van der Waals surface area contributed by atoms with E-state index < -0.39 is 0 Å². The van der Waals surface area contributed by atoms with Crippen LogP contribution < -0.4 is 14.8 Å². The van der Waals surface area contributed by atoms with Crippen LogP contribution in [0, 0.1) is 6.92 Å². The number of aryl methyl sites for hydroxylation is 1. The highest BCUT2D eigenvalue weighted by Crippen LogP contribution is 2.31. The molecule has 1 N–H and O–H groups in total. The van der Waals surface area contributed by atoms with Gasteiger partial charge in [-0.15, -0.1) is 0 Å². The minimum Gasteiger partial charge on any atom is -0.497 e. The van der Waals surface area contributed by atoms with Crippen molar-refractivity contribution in [2.24, 2.45) is 0 Å². The second kappa shape index (κ2) is 5.75. The fourth-order valence-corrected chi connectivity index (χ4v) is 1.72. The van der Waals surface area contributed by atoms with Crippen molar-refractivity contribution >= 4 is 23.1 Å². The molecular formula is C13H14ClN3O2. The van der Waals surface area contributed by atoms with E-state index in [1.165, 1.54) is 0 Å². The van der Waals surface area contributed by atoms with Gasteiger partial charge in [-0.25, -0.2) is 9.97 Å². The molecule has 2 rings (SSSR count). The van der Waals surface area contributed by atoms with Gasteiger partial charge >= 0.3 is 0 Å². The van der Waals surface area contributed by atoms with Crippen LogP contribution in [0.5, 0.6) is 11.5 Å². The number of ether oxygens (including phenoxy) is 2. The molecule has 0 radical (unpaired) electrons. The van der Waals surface area contributed by atoms with E-state index in [0.29, 0.717) is 11.6 Å². The summed E-state index contributed by atoms with van der Waals surface area (Å²) >= 11 is 5.80. The lowest BCUT2D eigenvalue weighted by atomic mass is 10.2. The van der Waals surface area contributed by atoms with Gasteiger partial charge in [-0.05, 0) is 30.7 Å². The van der Waals surface area contributed by atoms with Gasteiger partial charge in [0, 0.05) is 17.8 Å². The first kappa shape index (κ1) is 13.4. The molecule has 0 unspecified atom stereocenters. The molecule has 0 spiro atoms. The van der Waals surface area contributed by atoms with Crippen molar-refractivity contribution in [3.8, 4) is 11.5 Å². The first-order chi connectivity index (χ1) is 9.13. The van der Waals surface area contributed by atoms with Gasteiger partial charge in [-0.2, -0.15) is 0 Å². The minimum atomic E-state index is 0.190. The van der Waals surface area contributed by atoms with Crippen LogP contribution in [0.3, 0.4) is 0 Å². The van der Waals surface area contributed by atoms with Crippen LogP contribution in [0.2, 0.25) is 5.28 Å². The predicted octanol–water partition coefficient (Wildman–Crippen LogP) is 3.20. The SMILES string of the molecule is COc1ccc(OC)c(Nc2nc(Cl)ncc2C)c1. The molecule has 0 aliphatic rings. The lowest BCUT2D eigenvalue weighted by Crippen LogP contribution is -2.00. The Kier molecular flexibility index (Phi) is 4.06. The normalized spacial score (nSPS) is 10.1. The number of nitrogens with one attached hydrogen (secondary N) is 1. The standard InChI is InChI=1S/C13H14ClN3O2/c1-8-7-15-13(14)17-12(8)16-10-6-9(18-2)4-5-11(10)19-3/h4-7H,1-3H3,(H,15,16,17). The Balaban J connectivity index is 2.38. The average Bonchev–Trinajstić information content (AvgIpc) is 2.42. The topological polar surface area (TPSA) is 56.3 Å². The highest BCUT2D eigenvalue weighted by molar-refractivity contribution is 6.28. The Morgan fingerprint density at radius 3 is 2.68 bits per heavy atom. The molecule has 0 fully saturated rings. The van der Waals surface area contributed by atoms with E-state index >= 15 is 0 Å². The van der Waals surface area contributed by atoms with Crippen molar-refractivity contribution in [1.29, 1.82) is 0 Å². The third kappa shape index (κ3) is 3.06. The number of methoxy groups -OCH3 is 2. The van der Waals surface area contributed by atoms with Crippen molar-refractivity contribution in [1.82, 2.24) is 9.97 Å². The Hall–Kier alpha value is -2.01. The smallest absolute Gasteiger partial charge is 0.224 e. The highest BCUT2D eigenvalue weighted by Gasteiger charge is 2.08. The molecule has 2 aromatic rings. The lowest BCUT2D eigenvalue weighted by Gasteiger charge is -2.13. The summed E-state index contributed by atoms with van der Waals surface area (Å²) in [6, 6.07) is 5.47. The zero-order valence-corrected chi connectivity index (χ0v) is 11.7. The number of nitrogens with zero attached hydrogens (tertiary/aromatic N) is 2. The molecular weight excluding hydrogens is 266 g/mol. The van der Waals surface area contributed by atoms with E-state index in [4.69, 9.17) is 21.1 Å². The van der Waals surface area contributed by atoms with Gasteiger partial charge in [0.2, 0.25) is 5.28 Å². The van der Waals surface area contributed by atoms with Crippen molar-refractivity contribution in [3.63, 3.8) is 0 Å². The molecule has 1 aromatic heterocycles. The molecule has 100 valence electrons. The fraction of sp³-hybridized carbons (Fsp3) is 0.231. The molecule has 0 amide bonds. The van der Waals surface area contributed by atoms with Gasteiger partial charge in [0.1, 0.15) is 17.3 Å². The van der Waals surface area contributed by atoms with Crippen LogP contribution in [-0.2, 0) is 0 Å². The zero-order chi connectivity index (χ0) is 13.8. The fourth-order valence-electron chi connectivity index (χ4n) is 1.59. The molecule has 0 aliphatic heterocycles. The van der Waals surface area contributed by atoms with Crippen LogP contribution in [0.1, 0.15) is 5.56 Å². The third-order valence-electron chi connectivity index (χ3n) is 2.60. The zero-order valence-electron chi connectivity index (χ0n) is 10.9. The molecule has 5 nitrogen and oxygen atoms in total. The van der Waals surface area contributed by atoms with Crippen molar-refractivity contribution in [2.45, 2.75) is 6.92 Å². The number of anilines is 2. The molecule has 0 bridgehead atoms. The molecule has 6 heteroatoms.